The summed E-state index contributed by atoms with van der Waals surface area (Å²) in [6, 6.07) is 19.7. The van der Waals surface area contributed by atoms with Gasteiger partial charge in [0.15, 0.2) is 11.5 Å². The number of carboxylic acids is 1. The Morgan fingerprint density at radius 2 is 1.65 bits per heavy atom. The Bertz CT molecular complexity index is 1280. The fourth-order valence-corrected chi connectivity index (χ4v) is 4.10. The van der Waals surface area contributed by atoms with E-state index in [-0.39, 0.29) is 6.42 Å². The molecule has 176 valence electrons. The average molecular weight is 460 g/mol. The number of carbonyl (C=O) groups is 1. The van der Waals surface area contributed by atoms with E-state index < -0.39 is 5.97 Å². The zero-order chi connectivity index (χ0) is 24.2. The van der Waals surface area contributed by atoms with E-state index in [1.54, 1.807) is 14.2 Å². The van der Waals surface area contributed by atoms with Crippen molar-refractivity contribution in [2.75, 3.05) is 14.2 Å². The Hall–Kier alpha value is -3.93. The number of methoxy groups -OCH3 is 2. The van der Waals surface area contributed by atoms with Gasteiger partial charge in [0.1, 0.15) is 6.61 Å². The Morgan fingerprint density at radius 1 is 0.971 bits per heavy atom. The molecular formula is C28H29NO5. The molecule has 34 heavy (non-hydrogen) atoms. The summed E-state index contributed by atoms with van der Waals surface area (Å²) in [6.07, 6.45) is -0.103. The van der Waals surface area contributed by atoms with Crippen molar-refractivity contribution in [2.45, 2.75) is 32.8 Å². The van der Waals surface area contributed by atoms with Gasteiger partial charge in [0, 0.05) is 16.5 Å². The molecule has 0 amide bonds. The van der Waals surface area contributed by atoms with Crippen molar-refractivity contribution in [3.63, 3.8) is 0 Å². The average Bonchev–Trinajstić information content (AvgIpc) is 3.19. The zero-order valence-corrected chi connectivity index (χ0v) is 19.8. The lowest BCUT2D eigenvalue weighted by atomic mass is 9.97. The molecule has 0 bridgehead atoms. The Kier molecular flexibility index (Phi) is 6.77. The number of nitrogens with one attached hydrogen (secondary N) is 1. The number of hydrogen-bond donors (Lipinski definition) is 2. The van der Waals surface area contributed by atoms with Crippen LogP contribution in [0.5, 0.6) is 17.2 Å². The molecular weight excluding hydrogens is 430 g/mol. The van der Waals surface area contributed by atoms with Crippen LogP contribution in [0, 0.1) is 0 Å². The lowest BCUT2D eigenvalue weighted by Gasteiger charge is -2.16. The van der Waals surface area contributed by atoms with E-state index in [1.807, 2.05) is 48.5 Å². The van der Waals surface area contributed by atoms with Crippen molar-refractivity contribution in [2.24, 2.45) is 0 Å². The summed E-state index contributed by atoms with van der Waals surface area (Å²) >= 11 is 0. The van der Waals surface area contributed by atoms with Gasteiger partial charge >= 0.3 is 5.97 Å². The summed E-state index contributed by atoms with van der Waals surface area (Å²) < 4.78 is 17.4. The third-order valence-corrected chi connectivity index (χ3v) is 5.90. The van der Waals surface area contributed by atoms with Crippen LogP contribution < -0.4 is 14.2 Å². The van der Waals surface area contributed by atoms with E-state index in [0.29, 0.717) is 29.8 Å². The van der Waals surface area contributed by atoms with E-state index in [9.17, 15) is 9.90 Å². The number of aromatic amines is 1. The molecule has 6 heteroatoms. The largest absolute Gasteiger partial charge is 0.493 e. The standard InChI is InChI=1S/C28H29NO5/c1-17(2)19-10-11-23-21(12-19)22(15-26(30)31)27(29-23)20-13-24(32-3)28(25(14-20)33-4)34-16-18-8-6-5-7-9-18/h5-14,17,29H,15-16H2,1-4H3,(H,30,31). The van der Waals surface area contributed by atoms with Crippen LogP contribution in [0.25, 0.3) is 22.2 Å². The minimum absolute atomic E-state index is 0.103. The molecule has 3 aromatic carbocycles. The smallest absolute Gasteiger partial charge is 0.307 e. The maximum atomic E-state index is 11.7. The van der Waals surface area contributed by atoms with Crippen LogP contribution in [0.1, 0.15) is 36.5 Å². The number of ether oxygens (including phenoxy) is 3. The molecule has 0 fully saturated rings. The third-order valence-electron chi connectivity index (χ3n) is 5.90. The van der Waals surface area contributed by atoms with E-state index in [0.717, 1.165) is 38.9 Å². The van der Waals surface area contributed by atoms with Crippen molar-refractivity contribution in [1.82, 2.24) is 4.98 Å². The van der Waals surface area contributed by atoms with Crippen LogP contribution in [0.4, 0.5) is 0 Å². The first kappa shape index (κ1) is 23.2. The summed E-state index contributed by atoms with van der Waals surface area (Å²) in [4.78, 5) is 15.2. The Balaban J connectivity index is 1.81. The fraction of sp³-hybridized carbons (Fsp3) is 0.250. The van der Waals surface area contributed by atoms with Crippen LogP contribution >= 0.6 is 0 Å². The van der Waals surface area contributed by atoms with E-state index in [4.69, 9.17) is 14.2 Å². The van der Waals surface area contributed by atoms with Crippen LogP contribution in [-0.4, -0.2) is 30.3 Å². The van der Waals surface area contributed by atoms with Gasteiger partial charge in [-0.05, 0) is 46.9 Å². The lowest BCUT2D eigenvalue weighted by molar-refractivity contribution is -0.136. The van der Waals surface area contributed by atoms with Gasteiger partial charge < -0.3 is 24.3 Å². The molecule has 0 atom stereocenters. The Morgan fingerprint density at radius 3 is 2.24 bits per heavy atom. The van der Waals surface area contributed by atoms with Crippen molar-refractivity contribution in [1.29, 1.82) is 0 Å². The highest BCUT2D eigenvalue weighted by Gasteiger charge is 2.21. The molecule has 1 aromatic heterocycles. The van der Waals surface area contributed by atoms with Gasteiger partial charge in [-0.3, -0.25) is 4.79 Å². The van der Waals surface area contributed by atoms with Crippen LogP contribution in [-0.2, 0) is 17.8 Å². The van der Waals surface area contributed by atoms with Gasteiger partial charge in [-0.25, -0.2) is 0 Å². The van der Waals surface area contributed by atoms with Gasteiger partial charge in [-0.1, -0.05) is 50.2 Å². The number of rotatable bonds is 9. The number of aromatic nitrogens is 1. The molecule has 0 saturated heterocycles. The maximum absolute atomic E-state index is 11.7. The van der Waals surface area contributed by atoms with Crippen molar-refractivity contribution >= 4 is 16.9 Å². The molecule has 1 heterocycles. The second-order valence-electron chi connectivity index (χ2n) is 8.49. The fourth-order valence-electron chi connectivity index (χ4n) is 4.10. The van der Waals surface area contributed by atoms with E-state index in [2.05, 4.69) is 31.0 Å². The van der Waals surface area contributed by atoms with Crippen LogP contribution in [0.2, 0.25) is 0 Å². The quantitative estimate of drug-likeness (QED) is 0.312. The normalized spacial score (nSPS) is 11.1. The first-order valence-corrected chi connectivity index (χ1v) is 11.2. The second-order valence-corrected chi connectivity index (χ2v) is 8.49. The predicted octanol–water partition coefficient (Wildman–Crippen LogP) is 6.18. The highest BCUT2D eigenvalue weighted by Crippen LogP contribution is 2.43. The zero-order valence-electron chi connectivity index (χ0n) is 19.8. The van der Waals surface area contributed by atoms with E-state index >= 15 is 0 Å². The van der Waals surface area contributed by atoms with Crippen LogP contribution in [0.3, 0.4) is 0 Å². The molecule has 0 aliphatic carbocycles. The maximum Gasteiger partial charge on any atom is 0.307 e. The van der Waals surface area contributed by atoms with Gasteiger partial charge in [0.05, 0.1) is 26.3 Å². The van der Waals surface area contributed by atoms with Gasteiger partial charge in [0.2, 0.25) is 5.75 Å². The Labute approximate surface area is 199 Å². The summed E-state index contributed by atoms with van der Waals surface area (Å²) in [5, 5.41) is 10.5. The first-order chi connectivity index (χ1) is 16.4. The van der Waals surface area contributed by atoms with Gasteiger partial charge in [0.25, 0.3) is 0 Å². The number of aliphatic carboxylic acids is 1. The van der Waals surface area contributed by atoms with Crippen molar-refractivity contribution < 1.29 is 24.1 Å². The molecule has 0 aliphatic rings. The van der Waals surface area contributed by atoms with Gasteiger partial charge in [-0.2, -0.15) is 0 Å². The topological polar surface area (TPSA) is 80.8 Å². The predicted molar refractivity (Wildman–Crippen MR) is 133 cm³/mol. The summed E-state index contributed by atoms with van der Waals surface area (Å²) in [6.45, 7) is 4.60. The second kappa shape index (κ2) is 9.91. The minimum atomic E-state index is -0.890. The molecule has 6 nitrogen and oxygen atoms in total. The highest BCUT2D eigenvalue weighted by atomic mass is 16.5. The summed E-state index contributed by atoms with van der Waals surface area (Å²) in [5.41, 5.74) is 5.29. The molecule has 0 spiro atoms. The summed E-state index contributed by atoms with van der Waals surface area (Å²) in [7, 11) is 3.15. The highest BCUT2D eigenvalue weighted by molar-refractivity contribution is 5.95. The molecule has 2 N–H and O–H groups in total. The van der Waals surface area contributed by atoms with Crippen molar-refractivity contribution in [3.8, 4) is 28.5 Å². The molecule has 0 radical (unpaired) electrons. The number of carboxylic acid groups (broad SMARTS) is 1. The molecule has 0 saturated carbocycles. The van der Waals surface area contributed by atoms with E-state index in [1.165, 1.54) is 0 Å². The van der Waals surface area contributed by atoms with Gasteiger partial charge in [-0.15, -0.1) is 0 Å². The lowest BCUT2D eigenvalue weighted by Crippen LogP contribution is -2.03. The first-order valence-electron chi connectivity index (χ1n) is 11.2. The monoisotopic (exact) mass is 459 g/mol. The van der Waals surface area contributed by atoms with Crippen LogP contribution in [0.15, 0.2) is 60.7 Å². The minimum Gasteiger partial charge on any atom is -0.493 e. The molecule has 0 aliphatic heterocycles. The van der Waals surface area contributed by atoms with Crippen molar-refractivity contribution in [3.05, 3.63) is 77.4 Å². The SMILES string of the molecule is COc1cc(-c2[nH]c3ccc(C(C)C)cc3c2CC(=O)O)cc(OC)c1OCc1ccccc1. The number of benzene rings is 3. The molecule has 0 unspecified atom stereocenters. The molecule has 4 aromatic rings. The third kappa shape index (κ3) is 4.71. The summed E-state index contributed by atoms with van der Waals surface area (Å²) in [5.74, 6) is 0.956. The number of fused-ring (bicyclic) bond motifs is 1. The molecule has 4 rings (SSSR count). The number of hydrogen-bond acceptors (Lipinski definition) is 4. The number of H-pyrrole nitrogens is 1.